The molecule has 0 radical (unpaired) electrons. The fourth-order valence-corrected chi connectivity index (χ4v) is 2.62. The van der Waals surface area contributed by atoms with Crippen molar-refractivity contribution in [2.45, 2.75) is 45.2 Å². The lowest BCUT2D eigenvalue weighted by molar-refractivity contribution is 0.193. The van der Waals surface area contributed by atoms with Gasteiger partial charge in [-0.25, -0.2) is 9.97 Å². The standard InChI is InChI=1S/C13H19N3O/c1-2-3-11-10-6-14-7-12(10)16-13(15-11)9-4-5-17-8-9/h9,14H,2-8H2,1H3. The molecule has 1 N–H and O–H groups in total. The summed E-state index contributed by atoms with van der Waals surface area (Å²) in [6, 6.07) is 0. The minimum atomic E-state index is 0.413. The van der Waals surface area contributed by atoms with Crippen LogP contribution in [0.3, 0.4) is 0 Å². The van der Waals surface area contributed by atoms with Crippen LogP contribution in [0, 0.1) is 0 Å². The summed E-state index contributed by atoms with van der Waals surface area (Å²) in [4.78, 5) is 9.51. The Labute approximate surface area is 102 Å². The van der Waals surface area contributed by atoms with Crippen LogP contribution in [-0.4, -0.2) is 23.2 Å². The molecule has 1 fully saturated rings. The van der Waals surface area contributed by atoms with Crippen molar-refractivity contribution in [3.05, 3.63) is 22.8 Å². The molecule has 1 unspecified atom stereocenters. The molecule has 4 nitrogen and oxygen atoms in total. The predicted molar refractivity (Wildman–Crippen MR) is 64.7 cm³/mol. The van der Waals surface area contributed by atoms with E-state index in [1.165, 1.54) is 17.0 Å². The van der Waals surface area contributed by atoms with E-state index in [-0.39, 0.29) is 0 Å². The fraction of sp³-hybridized carbons (Fsp3) is 0.692. The lowest BCUT2D eigenvalue weighted by atomic mass is 10.1. The molecule has 0 amide bonds. The maximum Gasteiger partial charge on any atom is 0.134 e. The average Bonchev–Trinajstić information content (AvgIpc) is 3.00. The van der Waals surface area contributed by atoms with E-state index in [0.717, 1.165) is 51.4 Å². The molecule has 2 aliphatic heterocycles. The summed E-state index contributed by atoms with van der Waals surface area (Å²) >= 11 is 0. The Balaban J connectivity index is 1.96. The van der Waals surface area contributed by atoms with Crippen molar-refractivity contribution >= 4 is 0 Å². The van der Waals surface area contributed by atoms with Gasteiger partial charge >= 0.3 is 0 Å². The number of nitrogens with one attached hydrogen (secondary N) is 1. The molecule has 0 spiro atoms. The second-order valence-electron chi connectivity index (χ2n) is 4.87. The van der Waals surface area contributed by atoms with Gasteiger partial charge in [-0.3, -0.25) is 0 Å². The minimum absolute atomic E-state index is 0.413. The van der Waals surface area contributed by atoms with E-state index in [2.05, 4.69) is 12.2 Å². The molecule has 1 aromatic rings. The van der Waals surface area contributed by atoms with Gasteiger partial charge in [-0.1, -0.05) is 13.3 Å². The second kappa shape index (κ2) is 4.70. The highest BCUT2D eigenvalue weighted by molar-refractivity contribution is 5.30. The number of ether oxygens (including phenoxy) is 1. The number of hydrogen-bond acceptors (Lipinski definition) is 4. The van der Waals surface area contributed by atoms with Crippen molar-refractivity contribution in [2.24, 2.45) is 0 Å². The lowest BCUT2D eigenvalue weighted by Gasteiger charge is -2.12. The zero-order valence-electron chi connectivity index (χ0n) is 10.3. The molecule has 3 rings (SSSR count). The SMILES string of the molecule is CCCc1nc(C2CCOC2)nc2c1CNC2. The van der Waals surface area contributed by atoms with Gasteiger partial charge < -0.3 is 10.1 Å². The van der Waals surface area contributed by atoms with Gasteiger partial charge in [0.25, 0.3) is 0 Å². The van der Waals surface area contributed by atoms with E-state index >= 15 is 0 Å². The molecule has 0 aliphatic carbocycles. The number of nitrogens with zero attached hydrogens (tertiary/aromatic N) is 2. The topological polar surface area (TPSA) is 47.0 Å². The molecular weight excluding hydrogens is 214 g/mol. The van der Waals surface area contributed by atoms with Gasteiger partial charge in [-0.2, -0.15) is 0 Å². The van der Waals surface area contributed by atoms with Crippen LogP contribution in [-0.2, 0) is 24.2 Å². The van der Waals surface area contributed by atoms with E-state index in [4.69, 9.17) is 14.7 Å². The van der Waals surface area contributed by atoms with Crippen LogP contribution in [0.5, 0.6) is 0 Å². The van der Waals surface area contributed by atoms with E-state index in [1.54, 1.807) is 0 Å². The predicted octanol–water partition coefficient (Wildman–Crippen LogP) is 1.54. The van der Waals surface area contributed by atoms with Crippen molar-refractivity contribution < 1.29 is 4.74 Å². The van der Waals surface area contributed by atoms with Gasteiger partial charge in [0.15, 0.2) is 0 Å². The van der Waals surface area contributed by atoms with Crippen LogP contribution >= 0.6 is 0 Å². The summed E-state index contributed by atoms with van der Waals surface area (Å²) in [6.45, 7) is 5.68. The first kappa shape index (κ1) is 11.1. The van der Waals surface area contributed by atoms with Crippen LogP contribution in [0.15, 0.2) is 0 Å². The van der Waals surface area contributed by atoms with Gasteiger partial charge in [0.1, 0.15) is 5.82 Å². The van der Waals surface area contributed by atoms with Gasteiger partial charge in [0.2, 0.25) is 0 Å². The largest absolute Gasteiger partial charge is 0.381 e. The van der Waals surface area contributed by atoms with Crippen molar-refractivity contribution in [1.29, 1.82) is 0 Å². The number of aromatic nitrogens is 2. The molecule has 1 aromatic heterocycles. The zero-order chi connectivity index (χ0) is 11.7. The fourth-order valence-electron chi connectivity index (χ4n) is 2.62. The molecule has 2 aliphatic rings. The van der Waals surface area contributed by atoms with Gasteiger partial charge in [0, 0.05) is 36.9 Å². The smallest absolute Gasteiger partial charge is 0.134 e. The van der Waals surface area contributed by atoms with Gasteiger partial charge in [-0.15, -0.1) is 0 Å². The van der Waals surface area contributed by atoms with Crippen LogP contribution in [0.25, 0.3) is 0 Å². The molecule has 1 saturated heterocycles. The number of fused-ring (bicyclic) bond motifs is 1. The highest BCUT2D eigenvalue weighted by Gasteiger charge is 2.25. The molecule has 92 valence electrons. The highest BCUT2D eigenvalue weighted by Crippen LogP contribution is 2.26. The Morgan fingerprint density at radius 1 is 1.35 bits per heavy atom. The monoisotopic (exact) mass is 233 g/mol. The summed E-state index contributed by atoms with van der Waals surface area (Å²) < 4.78 is 5.44. The molecule has 1 atom stereocenters. The van der Waals surface area contributed by atoms with Crippen molar-refractivity contribution in [3.8, 4) is 0 Å². The number of aryl methyl sites for hydroxylation is 1. The average molecular weight is 233 g/mol. The summed E-state index contributed by atoms with van der Waals surface area (Å²) in [5.74, 6) is 1.42. The molecule has 0 aromatic carbocycles. The van der Waals surface area contributed by atoms with Crippen LogP contribution < -0.4 is 5.32 Å². The highest BCUT2D eigenvalue weighted by atomic mass is 16.5. The lowest BCUT2D eigenvalue weighted by Crippen LogP contribution is -2.10. The van der Waals surface area contributed by atoms with E-state index in [1.807, 2.05) is 0 Å². The number of rotatable bonds is 3. The van der Waals surface area contributed by atoms with E-state index in [9.17, 15) is 0 Å². The van der Waals surface area contributed by atoms with Gasteiger partial charge in [0.05, 0.1) is 12.3 Å². The van der Waals surface area contributed by atoms with E-state index in [0.29, 0.717) is 5.92 Å². The number of hydrogen-bond donors (Lipinski definition) is 1. The summed E-state index contributed by atoms with van der Waals surface area (Å²) in [7, 11) is 0. The molecule has 0 saturated carbocycles. The van der Waals surface area contributed by atoms with Crippen molar-refractivity contribution in [3.63, 3.8) is 0 Å². The minimum Gasteiger partial charge on any atom is -0.381 e. The van der Waals surface area contributed by atoms with E-state index < -0.39 is 0 Å². The quantitative estimate of drug-likeness (QED) is 0.860. The van der Waals surface area contributed by atoms with Gasteiger partial charge in [-0.05, 0) is 12.8 Å². The molecule has 4 heteroatoms. The summed E-state index contributed by atoms with van der Waals surface area (Å²) in [5.41, 5.74) is 3.81. The molecular formula is C13H19N3O. The summed E-state index contributed by atoms with van der Waals surface area (Å²) in [6.07, 6.45) is 3.27. The Kier molecular flexibility index (Phi) is 3.07. The third-order valence-electron chi connectivity index (χ3n) is 3.57. The third kappa shape index (κ3) is 2.07. The Morgan fingerprint density at radius 3 is 3.06 bits per heavy atom. The maximum absolute atomic E-state index is 5.44. The first-order valence-electron chi connectivity index (χ1n) is 6.55. The van der Waals surface area contributed by atoms with Crippen LogP contribution in [0.4, 0.5) is 0 Å². The zero-order valence-corrected chi connectivity index (χ0v) is 10.3. The molecule has 3 heterocycles. The van der Waals surface area contributed by atoms with Crippen LogP contribution in [0.1, 0.15) is 48.5 Å². The Hall–Kier alpha value is -1.00. The van der Waals surface area contributed by atoms with Crippen molar-refractivity contribution in [2.75, 3.05) is 13.2 Å². The Bertz CT molecular complexity index is 413. The first-order valence-corrected chi connectivity index (χ1v) is 6.55. The maximum atomic E-state index is 5.44. The van der Waals surface area contributed by atoms with Crippen LogP contribution in [0.2, 0.25) is 0 Å². The van der Waals surface area contributed by atoms with Crippen molar-refractivity contribution in [1.82, 2.24) is 15.3 Å². The Morgan fingerprint density at radius 2 is 2.29 bits per heavy atom. The third-order valence-corrected chi connectivity index (χ3v) is 3.57. The summed E-state index contributed by atoms with van der Waals surface area (Å²) in [5, 5.41) is 3.37. The molecule has 17 heavy (non-hydrogen) atoms. The second-order valence-corrected chi connectivity index (χ2v) is 4.87. The normalized spacial score (nSPS) is 23.0. The first-order chi connectivity index (χ1) is 8.38. The molecule has 0 bridgehead atoms.